The first-order valence-electron chi connectivity index (χ1n) is 5.47. The van der Waals surface area contributed by atoms with E-state index in [1.54, 1.807) is 18.4 Å². The van der Waals surface area contributed by atoms with Crippen LogP contribution in [-0.2, 0) is 17.3 Å². The van der Waals surface area contributed by atoms with Crippen molar-refractivity contribution in [1.29, 1.82) is 0 Å². The highest BCUT2D eigenvalue weighted by Gasteiger charge is 2.05. The Morgan fingerprint density at radius 2 is 2.12 bits per heavy atom. The molecule has 1 aromatic rings. The predicted molar refractivity (Wildman–Crippen MR) is 76.3 cm³/mol. The third kappa shape index (κ3) is 5.38. The summed E-state index contributed by atoms with van der Waals surface area (Å²) in [4.78, 5) is 0. The van der Waals surface area contributed by atoms with Crippen LogP contribution in [0.1, 0.15) is 18.9 Å². The fraction of sp³-hybridized carbons (Fsp3) is 0.500. The molecule has 0 radical (unpaired) electrons. The van der Waals surface area contributed by atoms with E-state index in [-0.39, 0.29) is 5.25 Å². The summed E-state index contributed by atoms with van der Waals surface area (Å²) in [5.74, 6) is 0. The van der Waals surface area contributed by atoms with E-state index in [0.29, 0.717) is 16.6 Å². The van der Waals surface area contributed by atoms with Crippen molar-refractivity contribution in [1.82, 2.24) is 5.32 Å². The Hall–Kier alpha value is -0.0900. The molecule has 5 heteroatoms. The van der Waals surface area contributed by atoms with Crippen LogP contribution in [0.2, 0.25) is 10.0 Å². The topological polar surface area (TPSA) is 29.1 Å². The van der Waals surface area contributed by atoms with Gasteiger partial charge in [0.2, 0.25) is 0 Å². The van der Waals surface area contributed by atoms with Gasteiger partial charge in [0.1, 0.15) is 0 Å². The van der Waals surface area contributed by atoms with Crippen LogP contribution < -0.4 is 5.32 Å². The first-order valence-corrected chi connectivity index (χ1v) is 7.85. The molecule has 1 aromatic carbocycles. The first kappa shape index (κ1) is 15.0. The quantitative estimate of drug-likeness (QED) is 0.816. The third-order valence-electron chi connectivity index (χ3n) is 2.62. The molecular weight excluding hydrogens is 277 g/mol. The van der Waals surface area contributed by atoms with Crippen LogP contribution in [-0.4, -0.2) is 22.3 Å². The molecule has 0 bridgehead atoms. The van der Waals surface area contributed by atoms with Crippen molar-refractivity contribution >= 4 is 34.0 Å². The smallest absolute Gasteiger partial charge is 0.0451 e. The second-order valence-electron chi connectivity index (χ2n) is 4.01. The van der Waals surface area contributed by atoms with E-state index in [4.69, 9.17) is 23.2 Å². The van der Waals surface area contributed by atoms with E-state index < -0.39 is 10.8 Å². The van der Waals surface area contributed by atoms with Gasteiger partial charge in [-0.3, -0.25) is 4.21 Å². The maximum absolute atomic E-state index is 11.2. The van der Waals surface area contributed by atoms with Gasteiger partial charge in [-0.25, -0.2) is 0 Å². The Morgan fingerprint density at radius 1 is 1.41 bits per heavy atom. The zero-order chi connectivity index (χ0) is 12.8. The van der Waals surface area contributed by atoms with Crippen molar-refractivity contribution in [3.8, 4) is 0 Å². The minimum Gasteiger partial charge on any atom is -0.313 e. The zero-order valence-electron chi connectivity index (χ0n) is 10.0. The van der Waals surface area contributed by atoms with Gasteiger partial charge in [0.25, 0.3) is 0 Å². The maximum atomic E-state index is 11.2. The molecule has 0 aliphatic heterocycles. The van der Waals surface area contributed by atoms with Gasteiger partial charge in [0.15, 0.2) is 0 Å². The molecule has 0 saturated carbocycles. The summed E-state index contributed by atoms with van der Waals surface area (Å²) in [5.41, 5.74) is 0.990. The van der Waals surface area contributed by atoms with Crippen molar-refractivity contribution in [3.05, 3.63) is 33.8 Å². The van der Waals surface area contributed by atoms with E-state index in [1.807, 2.05) is 13.0 Å². The minimum absolute atomic E-state index is 0.220. The van der Waals surface area contributed by atoms with Gasteiger partial charge in [-0.15, -0.1) is 0 Å². The third-order valence-corrected chi connectivity index (χ3v) is 4.59. The lowest BCUT2D eigenvalue weighted by atomic mass is 10.2. The van der Waals surface area contributed by atoms with Crippen LogP contribution >= 0.6 is 23.2 Å². The van der Waals surface area contributed by atoms with Crippen molar-refractivity contribution < 1.29 is 4.21 Å². The monoisotopic (exact) mass is 293 g/mol. The van der Waals surface area contributed by atoms with E-state index >= 15 is 0 Å². The summed E-state index contributed by atoms with van der Waals surface area (Å²) >= 11 is 11.9. The van der Waals surface area contributed by atoms with Gasteiger partial charge in [-0.1, -0.05) is 30.1 Å². The first-order chi connectivity index (χ1) is 8.00. The Balaban J connectivity index is 2.36. The molecule has 0 aromatic heterocycles. The van der Waals surface area contributed by atoms with Crippen LogP contribution in [0.25, 0.3) is 0 Å². The predicted octanol–water partition coefficient (Wildman–Crippen LogP) is 3.24. The van der Waals surface area contributed by atoms with Gasteiger partial charge < -0.3 is 5.32 Å². The largest absolute Gasteiger partial charge is 0.313 e. The average Bonchev–Trinajstić information content (AvgIpc) is 2.28. The Bertz CT molecular complexity index is 398. The van der Waals surface area contributed by atoms with Crippen molar-refractivity contribution in [2.24, 2.45) is 0 Å². The molecule has 0 fully saturated rings. The number of nitrogens with one attached hydrogen (secondary N) is 1. The van der Waals surface area contributed by atoms with Gasteiger partial charge >= 0.3 is 0 Å². The molecule has 96 valence electrons. The molecule has 0 aliphatic carbocycles. The van der Waals surface area contributed by atoms with E-state index in [9.17, 15) is 4.21 Å². The molecule has 0 saturated heterocycles. The van der Waals surface area contributed by atoms with E-state index in [0.717, 1.165) is 18.5 Å². The molecule has 0 aliphatic rings. The molecule has 1 N–H and O–H groups in total. The molecule has 0 amide bonds. The van der Waals surface area contributed by atoms with Gasteiger partial charge in [0, 0.05) is 38.9 Å². The Kier molecular flexibility index (Phi) is 6.49. The Morgan fingerprint density at radius 3 is 2.76 bits per heavy atom. The summed E-state index contributed by atoms with van der Waals surface area (Å²) in [6.07, 6.45) is 2.62. The van der Waals surface area contributed by atoms with Crippen LogP contribution in [0.3, 0.4) is 0 Å². The second-order valence-corrected chi connectivity index (χ2v) is 6.66. The average molecular weight is 294 g/mol. The molecule has 2 nitrogen and oxygen atoms in total. The fourth-order valence-electron chi connectivity index (χ4n) is 1.37. The highest BCUT2D eigenvalue weighted by Crippen LogP contribution is 2.20. The number of hydrogen-bond donors (Lipinski definition) is 1. The molecule has 17 heavy (non-hydrogen) atoms. The van der Waals surface area contributed by atoms with E-state index in [1.165, 1.54) is 0 Å². The molecule has 1 rings (SSSR count). The standard InChI is InChI=1S/C12H17Cl2NOS/c1-9(17(2)16)5-6-15-8-10-7-11(13)3-4-12(10)14/h3-4,7,9,15H,5-6,8H2,1-2H3. The fourth-order valence-corrected chi connectivity index (χ4v) is 2.20. The van der Waals surface area contributed by atoms with Crippen LogP contribution in [0.4, 0.5) is 0 Å². The molecule has 0 heterocycles. The summed E-state index contributed by atoms with van der Waals surface area (Å²) in [5, 5.41) is 4.90. The number of hydrogen-bond acceptors (Lipinski definition) is 2. The zero-order valence-corrected chi connectivity index (χ0v) is 12.3. The highest BCUT2D eigenvalue weighted by atomic mass is 35.5. The number of benzene rings is 1. The van der Waals surface area contributed by atoms with Crippen molar-refractivity contribution in [3.63, 3.8) is 0 Å². The van der Waals surface area contributed by atoms with Gasteiger partial charge in [0.05, 0.1) is 0 Å². The van der Waals surface area contributed by atoms with Gasteiger partial charge in [-0.2, -0.15) is 0 Å². The number of halogens is 2. The maximum Gasteiger partial charge on any atom is 0.0451 e. The lowest BCUT2D eigenvalue weighted by Crippen LogP contribution is -2.21. The van der Waals surface area contributed by atoms with Crippen LogP contribution in [0.15, 0.2) is 18.2 Å². The van der Waals surface area contributed by atoms with Gasteiger partial charge in [-0.05, 0) is 36.7 Å². The lowest BCUT2D eigenvalue weighted by Gasteiger charge is -2.10. The summed E-state index contributed by atoms with van der Waals surface area (Å²) in [6, 6.07) is 5.43. The second kappa shape index (κ2) is 7.37. The minimum atomic E-state index is -0.754. The summed E-state index contributed by atoms with van der Waals surface area (Å²) in [7, 11) is -0.754. The van der Waals surface area contributed by atoms with Crippen molar-refractivity contribution in [2.75, 3.05) is 12.8 Å². The van der Waals surface area contributed by atoms with E-state index in [2.05, 4.69) is 5.32 Å². The summed E-state index contributed by atoms with van der Waals surface area (Å²) < 4.78 is 11.2. The van der Waals surface area contributed by atoms with Crippen molar-refractivity contribution in [2.45, 2.75) is 25.1 Å². The SMILES string of the molecule is CC(CCNCc1cc(Cl)ccc1Cl)S(C)=O. The Labute approximate surface area is 115 Å². The number of rotatable bonds is 6. The molecule has 0 spiro atoms. The molecule has 2 atom stereocenters. The lowest BCUT2D eigenvalue weighted by molar-refractivity contribution is 0.629. The van der Waals surface area contributed by atoms with Crippen LogP contribution in [0, 0.1) is 0 Å². The highest BCUT2D eigenvalue weighted by molar-refractivity contribution is 7.84. The van der Waals surface area contributed by atoms with Crippen LogP contribution in [0.5, 0.6) is 0 Å². The molecular formula is C12H17Cl2NOS. The summed E-state index contributed by atoms with van der Waals surface area (Å²) in [6.45, 7) is 3.50. The normalized spacial score (nSPS) is 14.6. The molecule has 2 unspecified atom stereocenters.